The van der Waals surface area contributed by atoms with Gasteiger partial charge in [-0.15, -0.1) is 0 Å². The van der Waals surface area contributed by atoms with Gasteiger partial charge in [-0.2, -0.15) is 0 Å². The molecular weight excluding hydrogens is 402 g/mol. The molecule has 3 aromatic rings. The number of phenols is 1. The monoisotopic (exact) mass is 430 g/mol. The first-order valence-electron chi connectivity index (χ1n) is 10.9. The number of aryl methyl sites for hydroxylation is 1. The van der Waals surface area contributed by atoms with Crippen LogP contribution in [-0.2, 0) is 6.42 Å². The van der Waals surface area contributed by atoms with Crippen LogP contribution in [0.15, 0.2) is 76.9 Å². The molecule has 0 saturated carbocycles. The van der Waals surface area contributed by atoms with Crippen LogP contribution in [0.3, 0.4) is 0 Å². The van der Waals surface area contributed by atoms with E-state index in [1.807, 2.05) is 63.2 Å². The maximum Gasteiger partial charge on any atom is 0.159 e. The highest BCUT2D eigenvalue weighted by atomic mass is 19.2. The molecule has 0 saturated heterocycles. The highest BCUT2D eigenvalue weighted by Crippen LogP contribution is 2.48. The molecular formula is C29H28F2O. The minimum atomic E-state index is -0.913. The van der Waals surface area contributed by atoms with Crippen LogP contribution in [0.1, 0.15) is 55.9 Å². The van der Waals surface area contributed by atoms with Crippen molar-refractivity contribution in [3.05, 3.63) is 111 Å². The summed E-state index contributed by atoms with van der Waals surface area (Å²) in [5.74, 6) is -1.81. The van der Waals surface area contributed by atoms with Gasteiger partial charge >= 0.3 is 0 Å². The molecule has 32 heavy (non-hydrogen) atoms. The van der Waals surface area contributed by atoms with Crippen molar-refractivity contribution >= 4 is 0 Å². The van der Waals surface area contributed by atoms with Gasteiger partial charge in [-0.3, -0.25) is 0 Å². The lowest BCUT2D eigenvalue weighted by Crippen LogP contribution is -2.05. The second-order valence-corrected chi connectivity index (χ2v) is 8.89. The maximum atomic E-state index is 14.5. The molecule has 1 aliphatic carbocycles. The smallest absolute Gasteiger partial charge is 0.159 e. The minimum absolute atomic E-state index is 0.112. The van der Waals surface area contributed by atoms with E-state index >= 15 is 0 Å². The van der Waals surface area contributed by atoms with E-state index in [1.54, 1.807) is 0 Å². The SMILES string of the molecule is CC1=C(C)C(c2cc(F)c(F)cc2-c2cc(C)cc(Cc3ccccc3)c2O)C(C)=C1C. The number of halogens is 2. The lowest BCUT2D eigenvalue weighted by molar-refractivity contribution is 0.471. The highest BCUT2D eigenvalue weighted by Gasteiger charge is 2.30. The van der Waals surface area contributed by atoms with Crippen molar-refractivity contribution < 1.29 is 13.9 Å². The molecule has 0 bridgehead atoms. The van der Waals surface area contributed by atoms with Crippen LogP contribution in [0.5, 0.6) is 5.75 Å². The van der Waals surface area contributed by atoms with Gasteiger partial charge in [0, 0.05) is 17.9 Å². The van der Waals surface area contributed by atoms with Gasteiger partial charge in [0.2, 0.25) is 0 Å². The van der Waals surface area contributed by atoms with Crippen LogP contribution in [-0.4, -0.2) is 5.11 Å². The Morgan fingerprint density at radius 3 is 1.97 bits per heavy atom. The lowest BCUT2D eigenvalue weighted by atomic mass is 9.82. The van der Waals surface area contributed by atoms with E-state index in [9.17, 15) is 13.9 Å². The molecule has 0 amide bonds. The number of hydrogen-bond acceptors (Lipinski definition) is 1. The summed E-state index contributed by atoms with van der Waals surface area (Å²) in [5.41, 5.74) is 9.16. The Morgan fingerprint density at radius 2 is 1.34 bits per heavy atom. The van der Waals surface area contributed by atoms with Gasteiger partial charge in [0.25, 0.3) is 0 Å². The molecule has 1 aliphatic rings. The molecule has 0 radical (unpaired) electrons. The van der Waals surface area contributed by atoms with E-state index in [4.69, 9.17) is 0 Å². The Labute approximate surface area is 188 Å². The van der Waals surface area contributed by atoms with Crippen molar-refractivity contribution in [1.29, 1.82) is 0 Å². The second kappa shape index (κ2) is 8.38. The molecule has 164 valence electrons. The Morgan fingerprint density at radius 1 is 0.750 bits per heavy atom. The zero-order chi connectivity index (χ0) is 23.2. The predicted molar refractivity (Wildman–Crippen MR) is 127 cm³/mol. The molecule has 0 heterocycles. The quantitative estimate of drug-likeness (QED) is 0.444. The summed E-state index contributed by atoms with van der Waals surface area (Å²) in [6.07, 6.45) is 0.555. The van der Waals surface area contributed by atoms with Crippen LogP contribution in [0, 0.1) is 18.6 Å². The molecule has 0 unspecified atom stereocenters. The van der Waals surface area contributed by atoms with E-state index in [0.717, 1.165) is 27.8 Å². The largest absolute Gasteiger partial charge is 0.507 e. The molecule has 0 spiro atoms. The van der Waals surface area contributed by atoms with Crippen molar-refractivity contribution in [1.82, 2.24) is 0 Å². The fourth-order valence-corrected chi connectivity index (χ4v) is 4.86. The number of rotatable bonds is 4. The van der Waals surface area contributed by atoms with E-state index in [0.29, 0.717) is 23.1 Å². The summed E-state index contributed by atoms with van der Waals surface area (Å²) in [6, 6.07) is 16.2. The number of phenolic OH excluding ortho intramolecular Hbond substituents is 1. The zero-order valence-electron chi connectivity index (χ0n) is 19.2. The third-order valence-corrected chi connectivity index (χ3v) is 6.88. The van der Waals surface area contributed by atoms with Gasteiger partial charge in [0.15, 0.2) is 11.6 Å². The molecule has 4 rings (SSSR count). The molecule has 3 heteroatoms. The summed E-state index contributed by atoms with van der Waals surface area (Å²) >= 11 is 0. The summed E-state index contributed by atoms with van der Waals surface area (Å²) < 4.78 is 28.9. The highest BCUT2D eigenvalue weighted by molar-refractivity contribution is 5.78. The lowest BCUT2D eigenvalue weighted by Gasteiger charge is -2.22. The van der Waals surface area contributed by atoms with Gasteiger partial charge in [-0.1, -0.05) is 47.5 Å². The van der Waals surface area contributed by atoms with Gasteiger partial charge in [-0.05, 0) is 91.8 Å². The van der Waals surface area contributed by atoms with Crippen LogP contribution < -0.4 is 0 Å². The molecule has 0 atom stereocenters. The summed E-state index contributed by atoms with van der Waals surface area (Å²) in [4.78, 5) is 0. The van der Waals surface area contributed by atoms with E-state index in [2.05, 4.69) is 13.8 Å². The van der Waals surface area contributed by atoms with Gasteiger partial charge in [-0.25, -0.2) is 8.78 Å². The van der Waals surface area contributed by atoms with Crippen LogP contribution >= 0.6 is 0 Å². The van der Waals surface area contributed by atoms with Gasteiger partial charge in [0.05, 0.1) is 0 Å². The fraction of sp³-hybridized carbons (Fsp3) is 0.241. The third-order valence-electron chi connectivity index (χ3n) is 6.88. The van der Waals surface area contributed by atoms with E-state index < -0.39 is 11.6 Å². The van der Waals surface area contributed by atoms with Crippen molar-refractivity contribution in [2.24, 2.45) is 0 Å². The normalized spacial score (nSPS) is 14.6. The maximum absolute atomic E-state index is 14.5. The summed E-state index contributed by atoms with van der Waals surface area (Å²) in [6.45, 7) is 10.2. The zero-order valence-corrected chi connectivity index (χ0v) is 19.2. The molecule has 1 nitrogen and oxygen atoms in total. The molecule has 0 aromatic heterocycles. The Hall–Kier alpha value is -3.20. The van der Waals surface area contributed by atoms with E-state index in [1.165, 1.54) is 23.3 Å². The first-order chi connectivity index (χ1) is 15.2. The molecule has 1 N–H and O–H groups in total. The number of aromatic hydroxyl groups is 1. The average Bonchev–Trinajstić information content (AvgIpc) is 2.95. The number of benzene rings is 3. The van der Waals surface area contributed by atoms with Gasteiger partial charge < -0.3 is 5.11 Å². The standard InChI is InChI=1S/C29H28F2O/c1-16-11-22(13-21-9-7-6-8-10-21)29(32)25(12-16)23-14-26(30)27(31)15-24(23)28-19(4)17(2)18(3)20(28)5/h6-12,14-15,28,32H,13H2,1-5H3. The molecule has 0 fully saturated rings. The minimum Gasteiger partial charge on any atom is -0.507 e. The Balaban J connectivity index is 1.93. The summed E-state index contributed by atoms with van der Waals surface area (Å²) in [5, 5.41) is 11.3. The average molecular weight is 431 g/mol. The summed E-state index contributed by atoms with van der Waals surface area (Å²) in [7, 11) is 0. The molecule has 0 aliphatic heterocycles. The van der Waals surface area contributed by atoms with Crippen LogP contribution in [0.4, 0.5) is 8.78 Å². The Kier molecular flexibility index (Phi) is 5.77. The fourth-order valence-electron chi connectivity index (χ4n) is 4.86. The van der Waals surface area contributed by atoms with Crippen molar-refractivity contribution in [3.63, 3.8) is 0 Å². The van der Waals surface area contributed by atoms with Crippen molar-refractivity contribution in [2.45, 2.75) is 47.0 Å². The third kappa shape index (κ3) is 3.77. The van der Waals surface area contributed by atoms with Crippen molar-refractivity contribution in [2.75, 3.05) is 0 Å². The second-order valence-electron chi connectivity index (χ2n) is 8.89. The first kappa shape index (κ1) is 22.0. The van der Waals surface area contributed by atoms with Crippen molar-refractivity contribution in [3.8, 4) is 16.9 Å². The molecule has 3 aromatic carbocycles. The van der Waals surface area contributed by atoms with E-state index in [-0.39, 0.29) is 11.7 Å². The van der Waals surface area contributed by atoms with Crippen LogP contribution in [0.25, 0.3) is 11.1 Å². The number of hydrogen-bond donors (Lipinski definition) is 1. The first-order valence-corrected chi connectivity index (χ1v) is 10.9. The predicted octanol–water partition coefficient (Wildman–Crippen LogP) is 8.01. The van der Waals surface area contributed by atoms with Crippen LogP contribution in [0.2, 0.25) is 0 Å². The van der Waals surface area contributed by atoms with Gasteiger partial charge in [0.1, 0.15) is 5.75 Å². The Bertz CT molecular complexity index is 1240. The number of allylic oxidation sites excluding steroid dienone is 4. The topological polar surface area (TPSA) is 20.2 Å².